The van der Waals surface area contributed by atoms with E-state index in [4.69, 9.17) is 11.6 Å². The summed E-state index contributed by atoms with van der Waals surface area (Å²) in [6, 6.07) is 0. The van der Waals surface area contributed by atoms with Crippen molar-refractivity contribution in [2.24, 2.45) is 5.92 Å². The van der Waals surface area contributed by atoms with Gasteiger partial charge in [0.25, 0.3) is 0 Å². The summed E-state index contributed by atoms with van der Waals surface area (Å²) in [4.78, 5) is 11.4. The van der Waals surface area contributed by atoms with Gasteiger partial charge in [-0.3, -0.25) is 4.79 Å². The lowest BCUT2D eigenvalue weighted by molar-refractivity contribution is -0.121. The minimum atomic E-state index is 0. The van der Waals surface area contributed by atoms with Crippen LogP contribution in [0.2, 0.25) is 0 Å². The smallest absolute Gasteiger partial charge is 0.220 e. The molecule has 0 aliphatic carbocycles. The molecule has 1 heterocycles. The maximum Gasteiger partial charge on any atom is 0.220 e. The Labute approximate surface area is 108 Å². The van der Waals surface area contributed by atoms with Crippen molar-refractivity contribution in [1.29, 1.82) is 0 Å². The lowest BCUT2D eigenvalue weighted by Crippen LogP contribution is -2.29. The van der Waals surface area contributed by atoms with Gasteiger partial charge in [-0.15, -0.1) is 12.4 Å². The third-order valence-electron chi connectivity index (χ3n) is 2.72. The quantitative estimate of drug-likeness (QED) is 0.800. The Kier molecular flexibility index (Phi) is 8.71. The molecule has 1 aliphatic heterocycles. The summed E-state index contributed by atoms with van der Waals surface area (Å²) in [6.45, 7) is 6.08. The molecule has 2 N–H and O–H groups in total. The van der Waals surface area contributed by atoms with Crippen molar-refractivity contribution in [3.8, 4) is 0 Å². The maximum atomic E-state index is 11.4. The predicted molar refractivity (Wildman–Crippen MR) is 70.1 cm³/mol. The van der Waals surface area contributed by atoms with Crippen LogP contribution in [0.3, 0.4) is 0 Å². The third-order valence-corrected chi connectivity index (χ3v) is 2.85. The molecule has 0 aromatic rings. The number of piperidine rings is 1. The molecular formula is C11H20Cl2N2O. The number of hydrogen-bond donors (Lipinski definition) is 2. The van der Waals surface area contributed by atoms with E-state index in [0.717, 1.165) is 19.5 Å². The molecule has 1 fully saturated rings. The highest BCUT2D eigenvalue weighted by atomic mass is 35.5. The molecule has 0 spiro atoms. The first-order valence-corrected chi connectivity index (χ1v) is 5.87. The van der Waals surface area contributed by atoms with Gasteiger partial charge in [-0.2, -0.15) is 0 Å². The van der Waals surface area contributed by atoms with Crippen LogP contribution >= 0.6 is 24.0 Å². The van der Waals surface area contributed by atoms with Crippen LogP contribution in [0.15, 0.2) is 11.6 Å². The van der Waals surface area contributed by atoms with Crippen molar-refractivity contribution in [2.75, 3.05) is 19.6 Å². The summed E-state index contributed by atoms with van der Waals surface area (Å²) in [5, 5.41) is 6.53. The van der Waals surface area contributed by atoms with Crippen LogP contribution in [-0.4, -0.2) is 25.5 Å². The molecule has 94 valence electrons. The number of amides is 1. The van der Waals surface area contributed by atoms with Gasteiger partial charge in [0, 0.05) is 11.5 Å². The molecule has 0 bridgehead atoms. The zero-order chi connectivity index (χ0) is 11.1. The van der Waals surface area contributed by atoms with Crippen molar-refractivity contribution in [2.45, 2.75) is 25.7 Å². The van der Waals surface area contributed by atoms with Crippen molar-refractivity contribution < 1.29 is 4.79 Å². The highest BCUT2D eigenvalue weighted by Gasteiger charge is 2.14. The Morgan fingerprint density at radius 2 is 2.06 bits per heavy atom. The van der Waals surface area contributed by atoms with Crippen LogP contribution in [-0.2, 0) is 4.79 Å². The fourth-order valence-electron chi connectivity index (χ4n) is 1.79. The molecule has 3 nitrogen and oxygen atoms in total. The van der Waals surface area contributed by atoms with E-state index < -0.39 is 0 Å². The van der Waals surface area contributed by atoms with E-state index >= 15 is 0 Å². The molecule has 0 saturated carbocycles. The normalized spacial score (nSPS) is 16.3. The molecular weight excluding hydrogens is 247 g/mol. The summed E-state index contributed by atoms with van der Waals surface area (Å²) in [7, 11) is 0. The summed E-state index contributed by atoms with van der Waals surface area (Å²) in [5.41, 5.74) is 0. The number of nitrogens with one attached hydrogen (secondary N) is 2. The summed E-state index contributed by atoms with van der Waals surface area (Å²) in [6.07, 6.45) is 3.97. The zero-order valence-electron chi connectivity index (χ0n) is 9.43. The molecule has 5 heteroatoms. The van der Waals surface area contributed by atoms with Gasteiger partial charge in [0.15, 0.2) is 0 Å². The fraction of sp³-hybridized carbons (Fsp3) is 0.727. The molecule has 0 aromatic carbocycles. The highest BCUT2D eigenvalue weighted by molar-refractivity contribution is 6.29. The van der Waals surface area contributed by atoms with Crippen LogP contribution in [0, 0.1) is 5.92 Å². The lowest BCUT2D eigenvalue weighted by Gasteiger charge is -2.22. The minimum Gasteiger partial charge on any atom is -0.351 e. The third kappa shape index (κ3) is 7.09. The Morgan fingerprint density at radius 3 is 2.62 bits per heavy atom. The summed E-state index contributed by atoms with van der Waals surface area (Å²) >= 11 is 5.55. The first-order valence-electron chi connectivity index (χ1n) is 5.49. The van der Waals surface area contributed by atoms with Crippen molar-refractivity contribution in [3.05, 3.63) is 11.6 Å². The second kappa shape index (κ2) is 8.85. The second-order valence-corrected chi connectivity index (χ2v) is 4.56. The average Bonchev–Trinajstić information content (AvgIpc) is 2.25. The Bertz CT molecular complexity index is 228. The van der Waals surface area contributed by atoms with E-state index in [-0.39, 0.29) is 18.3 Å². The first-order chi connectivity index (χ1) is 7.18. The van der Waals surface area contributed by atoms with Crippen molar-refractivity contribution in [1.82, 2.24) is 10.6 Å². The summed E-state index contributed by atoms with van der Waals surface area (Å²) in [5.74, 6) is 0.784. The van der Waals surface area contributed by atoms with Crippen LogP contribution in [0.25, 0.3) is 0 Å². The Balaban J connectivity index is 0.00000225. The van der Waals surface area contributed by atoms with E-state index in [2.05, 4.69) is 17.2 Å². The lowest BCUT2D eigenvalue weighted by atomic mass is 9.93. The monoisotopic (exact) mass is 266 g/mol. The van der Waals surface area contributed by atoms with Crippen molar-refractivity contribution in [3.63, 3.8) is 0 Å². The van der Waals surface area contributed by atoms with Crippen LogP contribution in [0.1, 0.15) is 25.7 Å². The van der Waals surface area contributed by atoms with E-state index in [9.17, 15) is 4.79 Å². The Hall–Kier alpha value is -0.250. The SMILES string of the molecule is C=C(Cl)CNC(=O)CCC1CCNCC1.Cl. The number of carbonyl (C=O) groups excluding carboxylic acids is 1. The van der Waals surface area contributed by atoms with Gasteiger partial charge in [-0.1, -0.05) is 18.2 Å². The molecule has 1 saturated heterocycles. The van der Waals surface area contributed by atoms with Gasteiger partial charge < -0.3 is 10.6 Å². The number of halogens is 2. The van der Waals surface area contributed by atoms with Gasteiger partial charge in [0.05, 0.1) is 6.54 Å². The van der Waals surface area contributed by atoms with E-state index in [1.54, 1.807) is 0 Å². The molecule has 0 atom stereocenters. The molecule has 16 heavy (non-hydrogen) atoms. The average molecular weight is 267 g/mol. The largest absolute Gasteiger partial charge is 0.351 e. The number of rotatable bonds is 5. The van der Waals surface area contributed by atoms with Gasteiger partial charge in [0.1, 0.15) is 0 Å². The van der Waals surface area contributed by atoms with Crippen molar-refractivity contribution >= 4 is 29.9 Å². The molecule has 1 amide bonds. The van der Waals surface area contributed by atoms with Gasteiger partial charge >= 0.3 is 0 Å². The molecule has 1 aliphatic rings. The predicted octanol–water partition coefficient (Wildman–Crippen LogP) is 2.06. The van der Waals surface area contributed by atoms with E-state index in [1.165, 1.54) is 12.8 Å². The molecule has 0 radical (unpaired) electrons. The topological polar surface area (TPSA) is 41.1 Å². The van der Waals surface area contributed by atoms with Gasteiger partial charge in [0.2, 0.25) is 5.91 Å². The summed E-state index contributed by atoms with van der Waals surface area (Å²) < 4.78 is 0. The van der Waals surface area contributed by atoms with Gasteiger partial charge in [-0.05, 0) is 38.3 Å². The highest BCUT2D eigenvalue weighted by Crippen LogP contribution is 2.17. The molecule has 0 unspecified atom stereocenters. The molecule has 0 aromatic heterocycles. The zero-order valence-corrected chi connectivity index (χ0v) is 11.0. The van der Waals surface area contributed by atoms with E-state index in [0.29, 0.717) is 23.9 Å². The Morgan fingerprint density at radius 1 is 1.44 bits per heavy atom. The minimum absolute atomic E-state index is 0. The van der Waals surface area contributed by atoms with Crippen LogP contribution < -0.4 is 10.6 Å². The molecule has 1 rings (SSSR count). The van der Waals surface area contributed by atoms with Gasteiger partial charge in [-0.25, -0.2) is 0 Å². The first kappa shape index (κ1) is 15.8. The number of hydrogen-bond acceptors (Lipinski definition) is 2. The second-order valence-electron chi connectivity index (χ2n) is 4.03. The van der Waals surface area contributed by atoms with Crippen LogP contribution in [0.4, 0.5) is 0 Å². The number of carbonyl (C=O) groups is 1. The fourth-order valence-corrected chi connectivity index (χ4v) is 1.86. The maximum absolute atomic E-state index is 11.4. The van der Waals surface area contributed by atoms with E-state index in [1.807, 2.05) is 0 Å². The standard InChI is InChI=1S/C11H19ClN2O.ClH/c1-9(12)8-14-11(15)3-2-10-4-6-13-7-5-10;/h10,13H,1-8H2,(H,14,15);1H. The van der Waals surface area contributed by atoms with Crippen LogP contribution in [0.5, 0.6) is 0 Å².